The molecule has 0 aliphatic carbocycles. The summed E-state index contributed by atoms with van der Waals surface area (Å²) in [5, 5.41) is 1.74. The largest absolute Gasteiger partial charge is 0.454 e. The van der Waals surface area contributed by atoms with Crippen LogP contribution in [0, 0.1) is 5.92 Å². The van der Waals surface area contributed by atoms with Crippen LogP contribution >= 0.6 is 22.7 Å². The van der Waals surface area contributed by atoms with Crippen molar-refractivity contribution in [1.82, 2.24) is 8.87 Å². The van der Waals surface area contributed by atoms with Gasteiger partial charge < -0.3 is 14.0 Å². The quantitative estimate of drug-likeness (QED) is 0.593. The number of rotatable bonds is 3. The highest BCUT2D eigenvalue weighted by Gasteiger charge is 2.33. The van der Waals surface area contributed by atoms with E-state index >= 15 is 0 Å². The van der Waals surface area contributed by atoms with E-state index in [1.54, 1.807) is 17.5 Å². The molecule has 8 nitrogen and oxygen atoms in total. The number of hydrogen-bond donors (Lipinski definition) is 0. The Kier molecular flexibility index (Phi) is 4.92. The van der Waals surface area contributed by atoms with Gasteiger partial charge in [0.05, 0.1) is 16.1 Å². The molecule has 0 N–H and O–H groups in total. The molecule has 0 spiro atoms. The zero-order valence-corrected chi connectivity index (χ0v) is 18.6. The summed E-state index contributed by atoms with van der Waals surface area (Å²) >= 11 is 2.59. The number of aryl methyl sites for hydroxylation is 1. The molecular formula is C19H19N3O5S3. The predicted octanol–water partition coefficient (Wildman–Crippen LogP) is 2.56. The SMILES string of the molecule is Cn1c(=NC(=O)C2CCCN(S(=O)(=O)c3cccs3)C2)sc2cc3c(cc21)OCO3. The van der Waals surface area contributed by atoms with Crippen molar-refractivity contribution in [2.45, 2.75) is 17.1 Å². The first-order valence-corrected chi connectivity index (χ1v) is 12.6. The maximum absolute atomic E-state index is 12.9. The van der Waals surface area contributed by atoms with Gasteiger partial charge in [0.2, 0.25) is 6.79 Å². The van der Waals surface area contributed by atoms with E-state index in [1.807, 2.05) is 23.7 Å². The van der Waals surface area contributed by atoms with E-state index in [-0.39, 0.29) is 19.2 Å². The molecule has 2 aromatic heterocycles. The number of fused-ring (bicyclic) bond motifs is 2. The molecule has 1 unspecified atom stereocenters. The van der Waals surface area contributed by atoms with Crippen molar-refractivity contribution in [1.29, 1.82) is 0 Å². The number of ether oxygens (including phenoxy) is 2. The van der Waals surface area contributed by atoms with Gasteiger partial charge in [-0.3, -0.25) is 4.79 Å². The van der Waals surface area contributed by atoms with Gasteiger partial charge in [0, 0.05) is 32.3 Å². The third kappa shape index (κ3) is 3.35. The summed E-state index contributed by atoms with van der Waals surface area (Å²) in [5.74, 6) is 0.623. The number of carbonyl (C=O) groups excluding carboxylic acids is 1. The lowest BCUT2D eigenvalue weighted by Gasteiger charge is -2.29. The summed E-state index contributed by atoms with van der Waals surface area (Å²) < 4.78 is 41.0. The molecule has 1 fully saturated rings. The number of thiazole rings is 1. The molecule has 30 heavy (non-hydrogen) atoms. The lowest BCUT2D eigenvalue weighted by atomic mass is 9.99. The molecule has 0 saturated carbocycles. The van der Waals surface area contributed by atoms with Crippen molar-refractivity contribution in [3.8, 4) is 11.5 Å². The molecule has 2 aliphatic heterocycles. The van der Waals surface area contributed by atoms with Crippen LogP contribution in [0.1, 0.15) is 12.8 Å². The van der Waals surface area contributed by atoms with Gasteiger partial charge in [-0.05, 0) is 24.3 Å². The molecule has 5 rings (SSSR count). The third-order valence-electron chi connectivity index (χ3n) is 5.33. The molecule has 0 radical (unpaired) electrons. The number of carbonyl (C=O) groups is 1. The number of aromatic nitrogens is 1. The molecule has 0 bridgehead atoms. The Morgan fingerprint density at radius 3 is 2.83 bits per heavy atom. The zero-order valence-electron chi connectivity index (χ0n) is 16.1. The first-order valence-electron chi connectivity index (χ1n) is 9.45. The standard InChI is InChI=1S/C19H19N3O5S3/c1-21-13-8-14-15(27-11-26-14)9-16(13)29-19(21)20-18(23)12-4-2-6-22(10-12)30(24,25)17-5-3-7-28-17/h3,5,7-9,12H,2,4,6,10-11H2,1H3. The maximum Gasteiger partial charge on any atom is 0.252 e. The Bertz CT molecular complexity index is 1290. The number of thiophene rings is 1. The number of piperidine rings is 1. The number of nitrogens with zero attached hydrogens (tertiary/aromatic N) is 3. The predicted molar refractivity (Wildman–Crippen MR) is 113 cm³/mol. The minimum atomic E-state index is -3.57. The minimum Gasteiger partial charge on any atom is -0.454 e. The first-order chi connectivity index (χ1) is 14.4. The van der Waals surface area contributed by atoms with Gasteiger partial charge in [-0.15, -0.1) is 11.3 Å². The van der Waals surface area contributed by atoms with E-state index in [9.17, 15) is 13.2 Å². The number of sulfonamides is 1. The topological polar surface area (TPSA) is 90.2 Å². The average Bonchev–Trinajstić information content (AvgIpc) is 3.48. The number of hydrogen-bond acceptors (Lipinski definition) is 7. The number of benzene rings is 1. The van der Waals surface area contributed by atoms with Crippen LogP contribution in [0.15, 0.2) is 38.8 Å². The van der Waals surface area contributed by atoms with Gasteiger partial charge in [0.1, 0.15) is 4.21 Å². The molecule has 1 amide bonds. The third-order valence-corrected chi connectivity index (χ3v) is 9.66. The molecule has 11 heteroatoms. The number of amides is 1. The van der Waals surface area contributed by atoms with Crippen molar-refractivity contribution in [3.05, 3.63) is 34.4 Å². The second kappa shape index (κ2) is 7.49. The second-order valence-corrected chi connectivity index (χ2v) is 11.3. The lowest BCUT2D eigenvalue weighted by Crippen LogP contribution is -2.42. The highest BCUT2D eigenvalue weighted by molar-refractivity contribution is 7.91. The fraction of sp³-hybridized carbons (Fsp3) is 0.368. The molecule has 158 valence electrons. The Hall–Kier alpha value is -2.21. The zero-order chi connectivity index (χ0) is 20.9. The lowest BCUT2D eigenvalue weighted by molar-refractivity contribution is -0.122. The molecular weight excluding hydrogens is 446 g/mol. The Morgan fingerprint density at radius 2 is 2.07 bits per heavy atom. The first kappa shape index (κ1) is 19.7. The molecule has 1 aromatic carbocycles. The molecule has 3 aromatic rings. The van der Waals surface area contributed by atoms with Gasteiger partial charge >= 0.3 is 0 Å². The van der Waals surface area contributed by atoms with E-state index in [1.165, 1.54) is 27.0 Å². The molecule has 1 saturated heterocycles. The van der Waals surface area contributed by atoms with Crippen LogP contribution in [0.25, 0.3) is 10.2 Å². The van der Waals surface area contributed by atoms with Crippen LogP contribution in [0.4, 0.5) is 0 Å². The van der Waals surface area contributed by atoms with Crippen molar-refractivity contribution in [2.24, 2.45) is 18.0 Å². The smallest absolute Gasteiger partial charge is 0.252 e. The van der Waals surface area contributed by atoms with E-state index in [0.29, 0.717) is 39.9 Å². The van der Waals surface area contributed by atoms with Gasteiger partial charge in [0.25, 0.3) is 15.9 Å². The van der Waals surface area contributed by atoms with Crippen LogP contribution in [0.2, 0.25) is 0 Å². The summed E-state index contributed by atoms with van der Waals surface area (Å²) in [6.07, 6.45) is 1.26. The van der Waals surface area contributed by atoms with Crippen molar-refractivity contribution in [3.63, 3.8) is 0 Å². The van der Waals surface area contributed by atoms with E-state index in [0.717, 1.165) is 10.2 Å². The average molecular weight is 466 g/mol. The fourth-order valence-corrected chi connectivity index (χ4v) is 7.41. The summed E-state index contributed by atoms with van der Waals surface area (Å²) in [7, 11) is -1.72. The van der Waals surface area contributed by atoms with Crippen molar-refractivity contribution in [2.75, 3.05) is 19.9 Å². The van der Waals surface area contributed by atoms with Crippen molar-refractivity contribution < 1.29 is 22.7 Å². The highest BCUT2D eigenvalue weighted by atomic mass is 32.2. The van der Waals surface area contributed by atoms with Crippen LogP contribution < -0.4 is 14.3 Å². The summed E-state index contributed by atoms with van der Waals surface area (Å²) in [6.45, 7) is 0.790. The van der Waals surface area contributed by atoms with Crippen LogP contribution in [0.5, 0.6) is 11.5 Å². The molecule has 2 aliphatic rings. The Balaban J connectivity index is 1.42. The second-order valence-electron chi connectivity index (χ2n) is 7.20. The van der Waals surface area contributed by atoms with Crippen LogP contribution in [-0.2, 0) is 21.9 Å². The molecule has 4 heterocycles. The van der Waals surface area contributed by atoms with Crippen molar-refractivity contribution >= 4 is 48.8 Å². The normalized spacial score (nSPS) is 20.2. The van der Waals surface area contributed by atoms with Gasteiger partial charge in [0.15, 0.2) is 16.3 Å². The van der Waals surface area contributed by atoms with E-state index in [4.69, 9.17) is 9.47 Å². The van der Waals surface area contributed by atoms with Gasteiger partial charge in [-0.25, -0.2) is 8.42 Å². The summed E-state index contributed by atoms with van der Waals surface area (Å²) in [4.78, 5) is 17.8. The minimum absolute atomic E-state index is 0.160. The van der Waals surface area contributed by atoms with Crippen LogP contribution in [-0.4, -0.2) is 43.1 Å². The Labute approximate surface area is 181 Å². The highest BCUT2D eigenvalue weighted by Crippen LogP contribution is 2.36. The summed E-state index contributed by atoms with van der Waals surface area (Å²) in [6, 6.07) is 7.08. The van der Waals surface area contributed by atoms with E-state index in [2.05, 4.69) is 4.99 Å². The van der Waals surface area contributed by atoms with Gasteiger partial charge in [-0.2, -0.15) is 9.30 Å². The molecule has 1 atom stereocenters. The van der Waals surface area contributed by atoms with Crippen LogP contribution in [0.3, 0.4) is 0 Å². The van der Waals surface area contributed by atoms with Gasteiger partial charge in [-0.1, -0.05) is 17.4 Å². The Morgan fingerprint density at radius 1 is 1.27 bits per heavy atom. The van der Waals surface area contributed by atoms with E-state index < -0.39 is 15.9 Å². The maximum atomic E-state index is 12.9. The fourth-order valence-electron chi connectivity index (χ4n) is 3.71. The summed E-state index contributed by atoms with van der Waals surface area (Å²) in [5.41, 5.74) is 0.904. The monoisotopic (exact) mass is 465 g/mol.